The monoisotopic (exact) mass is 388 g/mol. The van der Waals surface area contributed by atoms with Gasteiger partial charge >= 0.3 is 6.18 Å². The van der Waals surface area contributed by atoms with Crippen molar-refractivity contribution in [3.05, 3.63) is 63.6 Å². The maximum Gasteiger partial charge on any atom is 0.416 e. The third-order valence-corrected chi connectivity index (χ3v) is 5.19. The number of anilines is 1. The minimum Gasteiger partial charge on any atom is -0.369 e. The minimum absolute atomic E-state index is 0.529. The second kappa shape index (κ2) is 7.44. The molecule has 0 spiro atoms. The summed E-state index contributed by atoms with van der Waals surface area (Å²) in [5.74, 6) is 0. The van der Waals surface area contributed by atoms with Crippen LogP contribution >= 0.6 is 23.2 Å². The number of halogens is 5. The van der Waals surface area contributed by atoms with Crippen molar-refractivity contribution in [2.75, 3.05) is 31.1 Å². The highest BCUT2D eigenvalue weighted by Crippen LogP contribution is 2.32. The first-order chi connectivity index (χ1) is 11.8. The average molecular weight is 389 g/mol. The molecule has 0 radical (unpaired) electrons. The van der Waals surface area contributed by atoms with Crippen molar-refractivity contribution in [1.82, 2.24) is 4.90 Å². The molecular weight excluding hydrogens is 372 g/mol. The number of nitrogens with zero attached hydrogens (tertiary/aromatic N) is 2. The normalized spacial score (nSPS) is 16.3. The molecule has 0 aliphatic carbocycles. The third-order valence-electron chi connectivity index (χ3n) is 4.34. The number of rotatable bonds is 3. The number of piperazine rings is 1. The molecule has 0 unspecified atom stereocenters. The molecule has 2 aromatic carbocycles. The lowest BCUT2D eigenvalue weighted by atomic mass is 10.1. The van der Waals surface area contributed by atoms with Crippen LogP contribution in [0.5, 0.6) is 0 Å². The van der Waals surface area contributed by atoms with Gasteiger partial charge in [-0.05, 0) is 29.8 Å². The van der Waals surface area contributed by atoms with Gasteiger partial charge in [-0.2, -0.15) is 13.2 Å². The van der Waals surface area contributed by atoms with E-state index >= 15 is 0 Å². The molecule has 0 amide bonds. The van der Waals surface area contributed by atoms with Crippen molar-refractivity contribution in [1.29, 1.82) is 0 Å². The number of alkyl halides is 3. The molecule has 3 rings (SSSR count). The van der Waals surface area contributed by atoms with E-state index in [2.05, 4.69) is 4.90 Å². The van der Waals surface area contributed by atoms with E-state index in [0.717, 1.165) is 24.7 Å². The summed E-state index contributed by atoms with van der Waals surface area (Å²) in [5, 5.41) is 1.09. The standard InChI is InChI=1S/C18H17Cl2F3N2/c19-16-6-1-3-13(17(16)20)12-24-7-9-25(10-8-24)15-5-2-4-14(11-15)18(21,22)23/h1-6,11H,7-10,12H2. The zero-order valence-corrected chi connectivity index (χ0v) is 14.9. The van der Waals surface area contributed by atoms with Gasteiger partial charge in [-0.1, -0.05) is 41.4 Å². The number of benzene rings is 2. The first kappa shape index (κ1) is 18.4. The quantitative estimate of drug-likeness (QED) is 0.700. The van der Waals surface area contributed by atoms with Crippen LogP contribution in [0.25, 0.3) is 0 Å². The summed E-state index contributed by atoms with van der Waals surface area (Å²) in [7, 11) is 0. The molecule has 25 heavy (non-hydrogen) atoms. The molecule has 0 saturated carbocycles. The molecule has 2 aromatic rings. The molecule has 2 nitrogen and oxygen atoms in total. The van der Waals surface area contributed by atoms with Crippen molar-refractivity contribution in [3.63, 3.8) is 0 Å². The van der Waals surface area contributed by atoms with E-state index in [0.29, 0.717) is 35.4 Å². The van der Waals surface area contributed by atoms with Gasteiger partial charge in [0, 0.05) is 38.4 Å². The predicted molar refractivity (Wildman–Crippen MR) is 95.4 cm³/mol. The van der Waals surface area contributed by atoms with Gasteiger partial charge in [0.2, 0.25) is 0 Å². The summed E-state index contributed by atoms with van der Waals surface area (Å²) in [5.41, 5.74) is 0.954. The smallest absolute Gasteiger partial charge is 0.369 e. The van der Waals surface area contributed by atoms with E-state index < -0.39 is 11.7 Å². The molecule has 0 aromatic heterocycles. The van der Waals surface area contributed by atoms with Crippen molar-refractivity contribution in [2.24, 2.45) is 0 Å². The van der Waals surface area contributed by atoms with Gasteiger partial charge in [-0.15, -0.1) is 0 Å². The summed E-state index contributed by atoms with van der Waals surface area (Å²) in [6, 6.07) is 11.0. The summed E-state index contributed by atoms with van der Waals surface area (Å²) in [4.78, 5) is 4.20. The zero-order chi connectivity index (χ0) is 18.0. The Balaban J connectivity index is 1.63. The van der Waals surface area contributed by atoms with Gasteiger partial charge in [-0.25, -0.2) is 0 Å². The third kappa shape index (κ3) is 4.40. The van der Waals surface area contributed by atoms with Crippen LogP contribution in [0.1, 0.15) is 11.1 Å². The number of hydrogen-bond donors (Lipinski definition) is 0. The lowest BCUT2D eigenvalue weighted by Gasteiger charge is -2.36. The van der Waals surface area contributed by atoms with Crippen LogP contribution in [-0.4, -0.2) is 31.1 Å². The van der Waals surface area contributed by atoms with Crippen LogP contribution in [0.4, 0.5) is 18.9 Å². The maximum absolute atomic E-state index is 12.9. The van der Waals surface area contributed by atoms with E-state index in [1.807, 2.05) is 17.0 Å². The molecule has 1 fully saturated rings. The Kier molecular flexibility index (Phi) is 5.46. The van der Waals surface area contributed by atoms with E-state index in [1.54, 1.807) is 12.1 Å². The molecule has 0 N–H and O–H groups in total. The van der Waals surface area contributed by atoms with E-state index in [9.17, 15) is 13.2 Å². The Bertz CT molecular complexity index is 741. The van der Waals surface area contributed by atoms with Gasteiger partial charge in [0.05, 0.1) is 15.6 Å². The fourth-order valence-corrected chi connectivity index (χ4v) is 3.33. The van der Waals surface area contributed by atoms with E-state index in [4.69, 9.17) is 23.2 Å². The Hall–Kier alpha value is -1.43. The molecule has 1 heterocycles. The fraction of sp³-hybridized carbons (Fsp3) is 0.333. The largest absolute Gasteiger partial charge is 0.416 e. The Labute approximate surface area is 154 Å². The molecule has 134 valence electrons. The zero-order valence-electron chi connectivity index (χ0n) is 13.4. The van der Waals surface area contributed by atoms with E-state index in [-0.39, 0.29) is 0 Å². The van der Waals surface area contributed by atoms with Crippen LogP contribution in [0.2, 0.25) is 10.0 Å². The van der Waals surface area contributed by atoms with E-state index in [1.165, 1.54) is 12.1 Å². The highest BCUT2D eigenvalue weighted by Gasteiger charge is 2.31. The molecule has 7 heteroatoms. The second-order valence-corrected chi connectivity index (χ2v) is 6.81. The lowest BCUT2D eigenvalue weighted by molar-refractivity contribution is -0.137. The van der Waals surface area contributed by atoms with Crippen LogP contribution in [0.15, 0.2) is 42.5 Å². The summed E-state index contributed by atoms with van der Waals surface area (Å²) in [6.45, 7) is 3.51. The summed E-state index contributed by atoms with van der Waals surface area (Å²) in [6.07, 6.45) is -4.32. The Morgan fingerprint density at radius 3 is 2.28 bits per heavy atom. The van der Waals surface area contributed by atoms with Crippen LogP contribution in [-0.2, 0) is 12.7 Å². The number of hydrogen-bond acceptors (Lipinski definition) is 2. The topological polar surface area (TPSA) is 6.48 Å². The molecule has 0 atom stereocenters. The van der Waals surface area contributed by atoms with Crippen LogP contribution < -0.4 is 4.90 Å². The Morgan fingerprint density at radius 1 is 0.920 bits per heavy atom. The summed E-state index contributed by atoms with van der Waals surface area (Å²) < 4.78 is 38.6. The van der Waals surface area contributed by atoms with Gasteiger partial charge in [0.15, 0.2) is 0 Å². The van der Waals surface area contributed by atoms with Gasteiger partial charge in [0.1, 0.15) is 0 Å². The summed E-state index contributed by atoms with van der Waals surface area (Å²) >= 11 is 12.3. The predicted octanol–water partition coefficient (Wildman–Crippen LogP) is 5.33. The van der Waals surface area contributed by atoms with Crippen molar-refractivity contribution >= 4 is 28.9 Å². The minimum atomic E-state index is -4.32. The second-order valence-electron chi connectivity index (χ2n) is 6.02. The van der Waals surface area contributed by atoms with Crippen molar-refractivity contribution in [3.8, 4) is 0 Å². The van der Waals surface area contributed by atoms with Gasteiger partial charge < -0.3 is 4.90 Å². The average Bonchev–Trinajstić information content (AvgIpc) is 2.59. The van der Waals surface area contributed by atoms with Gasteiger partial charge in [-0.3, -0.25) is 4.90 Å². The molecule has 0 bridgehead atoms. The van der Waals surface area contributed by atoms with Crippen molar-refractivity contribution in [2.45, 2.75) is 12.7 Å². The fourth-order valence-electron chi connectivity index (χ4n) is 2.95. The molecule has 1 saturated heterocycles. The van der Waals surface area contributed by atoms with Crippen molar-refractivity contribution < 1.29 is 13.2 Å². The molecule has 1 aliphatic heterocycles. The van der Waals surface area contributed by atoms with Crippen LogP contribution in [0, 0.1) is 0 Å². The molecular formula is C18H17Cl2F3N2. The highest BCUT2D eigenvalue weighted by molar-refractivity contribution is 6.42. The lowest BCUT2D eigenvalue weighted by Crippen LogP contribution is -2.46. The Morgan fingerprint density at radius 2 is 1.60 bits per heavy atom. The van der Waals surface area contributed by atoms with Gasteiger partial charge in [0.25, 0.3) is 0 Å². The first-order valence-corrected chi connectivity index (χ1v) is 8.67. The molecule has 1 aliphatic rings. The highest BCUT2D eigenvalue weighted by atomic mass is 35.5. The first-order valence-electron chi connectivity index (χ1n) is 7.92. The van der Waals surface area contributed by atoms with Crippen LogP contribution in [0.3, 0.4) is 0 Å². The maximum atomic E-state index is 12.9. The SMILES string of the molecule is FC(F)(F)c1cccc(N2CCN(Cc3cccc(Cl)c3Cl)CC2)c1.